The minimum absolute atomic E-state index is 0.166. The van der Waals surface area contributed by atoms with E-state index in [0.29, 0.717) is 13.0 Å². The fourth-order valence-electron chi connectivity index (χ4n) is 3.44. The molecule has 0 amide bonds. The average molecular weight is 424 g/mol. The highest BCUT2D eigenvalue weighted by molar-refractivity contribution is 7.96. The van der Waals surface area contributed by atoms with Crippen LogP contribution < -0.4 is 10.1 Å². The van der Waals surface area contributed by atoms with Gasteiger partial charge in [-0.1, -0.05) is 29.8 Å². The fraction of sp³-hybridized carbons (Fsp3) is 0.400. The van der Waals surface area contributed by atoms with Gasteiger partial charge in [0.2, 0.25) is 0 Å². The van der Waals surface area contributed by atoms with Gasteiger partial charge >= 0.3 is 0 Å². The molecule has 1 N–H and O–H groups in total. The normalized spacial score (nSPS) is 21.5. The Morgan fingerprint density at radius 3 is 2.50 bits per heavy atom. The van der Waals surface area contributed by atoms with Crippen LogP contribution >= 0.6 is 0 Å². The van der Waals surface area contributed by atoms with Gasteiger partial charge in [0.05, 0.1) is 28.8 Å². The molecule has 1 aliphatic rings. The van der Waals surface area contributed by atoms with Gasteiger partial charge in [0.25, 0.3) is 0 Å². The Bertz CT molecular complexity index is 1030. The predicted octanol–water partition coefficient (Wildman–Crippen LogP) is 1.78. The van der Waals surface area contributed by atoms with Crippen LogP contribution in [0, 0.1) is 6.92 Å². The van der Waals surface area contributed by atoms with E-state index in [1.807, 2.05) is 31.2 Å². The van der Waals surface area contributed by atoms with Crippen LogP contribution in [0.15, 0.2) is 53.4 Å². The number of benzene rings is 2. The average Bonchev–Trinajstić information content (AvgIpc) is 2.97. The maximum atomic E-state index is 13.0. The summed E-state index contributed by atoms with van der Waals surface area (Å²) in [5.41, 5.74) is 1.98. The lowest BCUT2D eigenvalue weighted by molar-refractivity contribution is 0.414. The summed E-state index contributed by atoms with van der Waals surface area (Å²) < 4.78 is 55.6. The standard InChI is InChI=1S/C20H25NO5S2/c1-15-6-8-18(9-7-15)28(24,25)20-14-27(22,23)13-19(20)21-11-10-16-4-3-5-17(12-16)26-2/h3-9,12,19-21H,10-11,13-14H2,1-2H3/t19-,20-/m1/s1. The van der Waals surface area contributed by atoms with Gasteiger partial charge in [0.1, 0.15) is 5.75 Å². The number of nitrogens with one attached hydrogen (secondary N) is 1. The van der Waals surface area contributed by atoms with E-state index >= 15 is 0 Å². The van der Waals surface area contributed by atoms with Crippen LogP contribution in [0.4, 0.5) is 0 Å². The van der Waals surface area contributed by atoms with Crippen molar-refractivity contribution < 1.29 is 21.6 Å². The van der Waals surface area contributed by atoms with Gasteiger partial charge in [-0.05, 0) is 49.7 Å². The number of hydrogen-bond donors (Lipinski definition) is 1. The Morgan fingerprint density at radius 1 is 1.11 bits per heavy atom. The lowest BCUT2D eigenvalue weighted by Crippen LogP contribution is -2.44. The third kappa shape index (κ3) is 4.74. The molecule has 6 nitrogen and oxygen atoms in total. The van der Waals surface area contributed by atoms with Gasteiger partial charge in [0, 0.05) is 6.04 Å². The summed E-state index contributed by atoms with van der Waals surface area (Å²) in [6.07, 6.45) is 0.644. The molecule has 0 radical (unpaired) electrons. The van der Waals surface area contributed by atoms with Crippen LogP contribution in [-0.4, -0.2) is 53.3 Å². The molecule has 28 heavy (non-hydrogen) atoms. The summed E-state index contributed by atoms with van der Waals surface area (Å²) in [6, 6.07) is 13.5. The van der Waals surface area contributed by atoms with Gasteiger partial charge < -0.3 is 10.1 Å². The molecule has 0 saturated carbocycles. The highest BCUT2D eigenvalue weighted by Crippen LogP contribution is 2.26. The first-order valence-electron chi connectivity index (χ1n) is 9.08. The number of sulfone groups is 2. The van der Waals surface area contributed by atoms with Gasteiger partial charge in [-0.2, -0.15) is 0 Å². The lowest BCUT2D eigenvalue weighted by atomic mass is 10.1. The molecule has 1 saturated heterocycles. The summed E-state index contributed by atoms with van der Waals surface area (Å²) >= 11 is 0. The number of methoxy groups -OCH3 is 1. The molecular weight excluding hydrogens is 398 g/mol. The van der Waals surface area contributed by atoms with Crippen LogP contribution in [0.25, 0.3) is 0 Å². The Labute approximate surface area is 166 Å². The van der Waals surface area contributed by atoms with Crippen molar-refractivity contribution in [3.05, 3.63) is 59.7 Å². The molecule has 0 bridgehead atoms. The zero-order valence-corrected chi connectivity index (χ0v) is 17.6. The van der Waals surface area contributed by atoms with E-state index in [1.54, 1.807) is 31.4 Å². The molecule has 0 aromatic heterocycles. The minimum atomic E-state index is -3.74. The quantitative estimate of drug-likeness (QED) is 0.730. The molecule has 2 aromatic carbocycles. The first kappa shape index (κ1) is 20.8. The van der Waals surface area contributed by atoms with E-state index in [2.05, 4.69) is 5.32 Å². The summed E-state index contributed by atoms with van der Waals surface area (Å²) in [6.45, 7) is 2.35. The number of hydrogen-bond acceptors (Lipinski definition) is 6. The van der Waals surface area contributed by atoms with Crippen LogP contribution in [0.3, 0.4) is 0 Å². The maximum Gasteiger partial charge on any atom is 0.183 e. The highest BCUT2D eigenvalue weighted by atomic mass is 32.2. The minimum Gasteiger partial charge on any atom is -0.497 e. The van der Waals surface area contributed by atoms with Crippen molar-refractivity contribution in [1.29, 1.82) is 0 Å². The summed E-state index contributed by atoms with van der Waals surface area (Å²) in [7, 11) is -5.56. The Hall–Kier alpha value is -1.90. The first-order chi connectivity index (χ1) is 13.2. The van der Waals surface area contributed by atoms with E-state index < -0.39 is 31.0 Å². The van der Waals surface area contributed by atoms with Crippen LogP contribution in [0.1, 0.15) is 11.1 Å². The zero-order chi connectivity index (χ0) is 20.4. The molecular formula is C20H25NO5S2. The van der Waals surface area contributed by atoms with Crippen molar-refractivity contribution in [3.63, 3.8) is 0 Å². The Morgan fingerprint density at radius 2 is 1.82 bits per heavy atom. The molecule has 1 heterocycles. The second kappa shape index (κ2) is 8.23. The Balaban J connectivity index is 1.74. The highest BCUT2D eigenvalue weighted by Gasteiger charge is 2.45. The molecule has 1 aliphatic heterocycles. The van der Waals surface area contributed by atoms with Crippen molar-refractivity contribution >= 4 is 19.7 Å². The molecule has 152 valence electrons. The summed E-state index contributed by atoms with van der Waals surface area (Å²) in [4.78, 5) is 0.166. The van der Waals surface area contributed by atoms with Crippen molar-refractivity contribution in [2.45, 2.75) is 29.5 Å². The van der Waals surface area contributed by atoms with E-state index in [4.69, 9.17) is 4.74 Å². The largest absolute Gasteiger partial charge is 0.497 e. The van der Waals surface area contributed by atoms with Crippen molar-refractivity contribution in [3.8, 4) is 5.75 Å². The summed E-state index contributed by atoms with van der Waals surface area (Å²) in [5, 5.41) is 2.18. The van der Waals surface area contributed by atoms with Gasteiger partial charge in [-0.25, -0.2) is 16.8 Å². The van der Waals surface area contributed by atoms with Gasteiger partial charge in [-0.15, -0.1) is 0 Å². The molecule has 2 atom stereocenters. The third-order valence-corrected chi connectivity index (χ3v) is 9.17. The Kier molecular flexibility index (Phi) is 6.12. The number of aryl methyl sites for hydroxylation is 1. The summed E-state index contributed by atoms with van der Waals surface area (Å²) in [5.74, 6) is 0.238. The molecule has 8 heteroatoms. The van der Waals surface area contributed by atoms with E-state index in [9.17, 15) is 16.8 Å². The smallest absolute Gasteiger partial charge is 0.183 e. The van der Waals surface area contributed by atoms with Crippen LogP contribution in [0.2, 0.25) is 0 Å². The molecule has 3 rings (SSSR count). The van der Waals surface area contributed by atoms with Gasteiger partial charge in [-0.3, -0.25) is 0 Å². The molecule has 2 aromatic rings. The van der Waals surface area contributed by atoms with Crippen LogP contribution in [0.5, 0.6) is 5.75 Å². The second-order valence-corrected chi connectivity index (χ2v) is 11.5. The molecule has 0 aliphatic carbocycles. The second-order valence-electron chi connectivity index (χ2n) is 7.14. The van der Waals surface area contributed by atoms with Crippen molar-refractivity contribution in [1.82, 2.24) is 5.32 Å². The SMILES string of the molecule is COc1cccc(CCN[C@@H]2CS(=O)(=O)C[C@H]2S(=O)(=O)c2ccc(C)cc2)c1. The van der Waals surface area contributed by atoms with E-state index in [-0.39, 0.29) is 16.4 Å². The van der Waals surface area contributed by atoms with E-state index in [0.717, 1.165) is 16.9 Å². The third-order valence-electron chi connectivity index (χ3n) is 5.00. The van der Waals surface area contributed by atoms with Gasteiger partial charge in [0.15, 0.2) is 19.7 Å². The topological polar surface area (TPSA) is 89.5 Å². The fourth-order valence-corrected chi connectivity index (χ4v) is 8.16. The lowest BCUT2D eigenvalue weighted by Gasteiger charge is -2.20. The number of rotatable bonds is 7. The first-order valence-corrected chi connectivity index (χ1v) is 12.5. The van der Waals surface area contributed by atoms with E-state index in [1.165, 1.54) is 0 Å². The predicted molar refractivity (Wildman–Crippen MR) is 109 cm³/mol. The van der Waals surface area contributed by atoms with Crippen molar-refractivity contribution in [2.75, 3.05) is 25.2 Å². The molecule has 1 fully saturated rings. The molecule has 0 spiro atoms. The monoisotopic (exact) mass is 423 g/mol. The maximum absolute atomic E-state index is 13.0. The molecule has 0 unspecified atom stereocenters. The number of ether oxygens (including phenoxy) is 1. The van der Waals surface area contributed by atoms with Crippen LogP contribution in [-0.2, 0) is 26.1 Å². The van der Waals surface area contributed by atoms with Crippen molar-refractivity contribution in [2.24, 2.45) is 0 Å². The zero-order valence-electron chi connectivity index (χ0n) is 16.0.